The van der Waals surface area contributed by atoms with E-state index in [1.54, 1.807) is 4.90 Å². The number of para-hydroxylation sites is 3. The summed E-state index contributed by atoms with van der Waals surface area (Å²) >= 11 is 1.34. The van der Waals surface area contributed by atoms with Crippen LogP contribution in [-0.2, 0) is 4.79 Å². The lowest BCUT2D eigenvalue weighted by molar-refractivity contribution is -0.117. The Kier molecular flexibility index (Phi) is 5.56. The molecule has 0 radical (unpaired) electrons. The van der Waals surface area contributed by atoms with Gasteiger partial charge in [0.15, 0.2) is 5.65 Å². The number of nitrogens with one attached hydrogen (secondary N) is 1. The molecule has 1 amide bonds. The minimum atomic E-state index is -0.362. The number of aromatic nitrogens is 4. The number of hydrogen-bond donors (Lipinski definition) is 1. The number of H-pyrrole nitrogens is 1. The summed E-state index contributed by atoms with van der Waals surface area (Å²) in [6.45, 7) is 2.00. The molecule has 5 aromatic rings. The van der Waals surface area contributed by atoms with Crippen LogP contribution in [0.15, 0.2) is 90.1 Å². The maximum atomic E-state index is 13.7. The van der Waals surface area contributed by atoms with Gasteiger partial charge in [-0.15, -0.1) is 10.2 Å². The predicted octanol–water partition coefficient (Wildman–Crippen LogP) is 5.74. The SMILES string of the molecule is CCC(Sc1nnc2c(n1)[nH]c1ccccc12)C(=O)N(c1ccccc1)c1ccccc1. The van der Waals surface area contributed by atoms with Crippen LogP contribution in [0.25, 0.3) is 22.1 Å². The molecule has 0 spiro atoms. The summed E-state index contributed by atoms with van der Waals surface area (Å²) in [5.74, 6) is -0.0183. The van der Waals surface area contributed by atoms with Gasteiger partial charge in [0.2, 0.25) is 11.1 Å². The second-order valence-electron chi connectivity index (χ2n) is 7.32. The van der Waals surface area contributed by atoms with Gasteiger partial charge in [-0.05, 0) is 36.8 Å². The normalized spacial score (nSPS) is 12.2. The number of thioether (sulfide) groups is 1. The summed E-state index contributed by atoms with van der Waals surface area (Å²) in [4.78, 5) is 23.4. The molecule has 7 heteroatoms. The predicted molar refractivity (Wildman–Crippen MR) is 129 cm³/mol. The zero-order valence-electron chi connectivity index (χ0n) is 17.5. The standard InChI is InChI=1S/C25H21N5OS/c1-2-21(24(31)30(17-11-5-3-6-12-17)18-13-7-4-8-14-18)32-25-27-23-22(28-29-25)19-15-9-10-16-20(19)26-23/h3-16,21H,2H2,1H3,(H,26,27,29). The Morgan fingerprint density at radius 1 is 0.906 bits per heavy atom. The molecule has 5 rings (SSSR count). The van der Waals surface area contributed by atoms with Crippen LogP contribution in [0.3, 0.4) is 0 Å². The summed E-state index contributed by atoms with van der Waals surface area (Å²) in [5, 5.41) is 9.81. The van der Waals surface area contributed by atoms with Gasteiger partial charge < -0.3 is 4.98 Å². The molecule has 0 saturated carbocycles. The van der Waals surface area contributed by atoms with E-state index in [-0.39, 0.29) is 11.2 Å². The van der Waals surface area contributed by atoms with E-state index >= 15 is 0 Å². The molecule has 2 aromatic heterocycles. The quantitative estimate of drug-likeness (QED) is 0.341. The number of aromatic amines is 1. The van der Waals surface area contributed by atoms with Crippen LogP contribution in [-0.4, -0.2) is 31.3 Å². The second kappa shape index (κ2) is 8.80. The highest BCUT2D eigenvalue weighted by atomic mass is 32.2. The van der Waals surface area contributed by atoms with Gasteiger partial charge in [-0.1, -0.05) is 73.3 Å². The smallest absolute Gasteiger partial charge is 0.245 e. The minimum absolute atomic E-state index is 0.0183. The van der Waals surface area contributed by atoms with Gasteiger partial charge in [-0.25, -0.2) is 4.98 Å². The van der Waals surface area contributed by atoms with Crippen molar-refractivity contribution < 1.29 is 4.79 Å². The molecular weight excluding hydrogens is 418 g/mol. The van der Waals surface area contributed by atoms with Crippen molar-refractivity contribution in [2.75, 3.05) is 4.90 Å². The first-order valence-electron chi connectivity index (χ1n) is 10.5. The Morgan fingerprint density at radius 3 is 2.19 bits per heavy atom. The fourth-order valence-electron chi connectivity index (χ4n) is 3.69. The van der Waals surface area contributed by atoms with E-state index < -0.39 is 0 Å². The summed E-state index contributed by atoms with van der Waals surface area (Å²) < 4.78 is 0. The third-order valence-electron chi connectivity index (χ3n) is 5.25. The van der Waals surface area contributed by atoms with Gasteiger partial charge in [0.1, 0.15) is 5.52 Å². The number of carbonyl (C=O) groups excluding carboxylic acids is 1. The second-order valence-corrected chi connectivity index (χ2v) is 8.49. The number of amides is 1. The molecule has 0 aliphatic rings. The Morgan fingerprint density at radius 2 is 1.53 bits per heavy atom. The average Bonchev–Trinajstić information content (AvgIpc) is 3.22. The number of rotatable bonds is 6. The average molecular weight is 440 g/mol. The molecular formula is C25H21N5OS. The molecule has 6 nitrogen and oxygen atoms in total. The molecule has 3 aromatic carbocycles. The van der Waals surface area contributed by atoms with E-state index in [0.29, 0.717) is 17.2 Å². The van der Waals surface area contributed by atoms with Crippen molar-refractivity contribution in [3.63, 3.8) is 0 Å². The van der Waals surface area contributed by atoms with Crippen LogP contribution in [0, 0.1) is 0 Å². The Labute approximate surface area is 189 Å². The van der Waals surface area contributed by atoms with Gasteiger partial charge in [0.25, 0.3) is 0 Å². The first-order valence-corrected chi connectivity index (χ1v) is 11.3. The van der Waals surface area contributed by atoms with Gasteiger partial charge in [0, 0.05) is 22.3 Å². The van der Waals surface area contributed by atoms with Crippen molar-refractivity contribution in [2.24, 2.45) is 0 Å². The number of carbonyl (C=O) groups is 1. The van der Waals surface area contributed by atoms with E-state index in [1.807, 2.05) is 91.9 Å². The Hall–Kier alpha value is -3.71. The van der Waals surface area contributed by atoms with Gasteiger partial charge in [-0.3, -0.25) is 9.69 Å². The highest BCUT2D eigenvalue weighted by molar-refractivity contribution is 8.00. The first kappa shape index (κ1) is 20.2. The fourth-order valence-corrected chi connectivity index (χ4v) is 4.55. The molecule has 0 aliphatic heterocycles. The van der Waals surface area contributed by atoms with Crippen molar-refractivity contribution in [3.05, 3.63) is 84.9 Å². The largest absolute Gasteiger partial charge is 0.338 e. The van der Waals surface area contributed by atoms with E-state index in [1.165, 1.54) is 11.8 Å². The highest BCUT2D eigenvalue weighted by Crippen LogP contribution is 2.32. The number of benzene rings is 3. The molecule has 32 heavy (non-hydrogen) atoms. The molecule has 1 unspecified atom stereocenters. The van der Waals surface area contributed by atoms with Crippen molar-refractivity contribution in [2.45, 2.75) is 23.8 Å². The molecule has 1 N–H and O–H groups in total. The van der Waals surface area contributed by atoms with Crippen LogP contribution < -0.4 is 4.90 Å². The summed E-state index contributed by atoms with van der Waals surface area (Å²) in [6, 6.07) is 27.3. The maximum Gasteiger partial charge on any atom is 0.245 e. The maximum absolute atomic E-state index is 13.7. The summed E-state index contributed by atoms with van der Waals surface area (Å²) in [6.07, 6.45) is 0.633. The number of fused-ring (bicyclic) bond motifs is 3. The van der Waals surface area contributed by atoms with Gasteiger partial charge >= 0.3 is 0 Å². The lowest BCUT2D eigenvalue weighted by atomic mass is 10.2. The van der Waals surface area contributed by atoms with Crippen LogP contribution in [0.4, 0.5) is 11.4 Å². The van der Waals surface area contributed by atoms with Crippen molar-refractivity contribution in [1.29, 1.82) is 0 Å². The molecule has 2 heterocycles. The lowest BCUT2D eigenvalue weighted by Gasteiger charge is -2.26. The highest BCUT2D eigenvalue weighted by Gasteiger charge is 2.27. The van der Waals surface area contributed by atoms with Gasteiger partial charge in [-0.2, -0.15) is 0 Å². The third kappa shape index (κ3) is 3.83. The minimum Gasteiger partial charge on any atom is -0.338 e. The zero-order chi connectivity index (χ0) is 21.9. The topological polar surface area (TPSA) is 74.8 Å². The van der Waals surface area contributed by atoms with E-state index in [4.69, 9.17) is 0 Å². The van der Waals surface area contributed by atoms with Crippen LogP contribution >= 0.6 is 11.8 Å². The molecule has 158 valence electrons. The lowest BCUT2D eigenvalue weighted by Crippen LogP contribution is -2.34. The summed E-state index contributed by atoms with van der Waals surface area (Å²) in [5.41, 5.74) is 4.03. The Bertz CT molecular complexity index is 1330. The fraction of sp³-hybridized carbons (Fsp3) is 0.120. The first-order chi connectivity index (χ1) is 15.7. The summed E-state index contributed by atoms with van der Waals surface area (Å²) in [7, 11) is 0. The van der Waals surface area contributed by atoms with Crippen molar-refractivity contribution in [1.82, 2.24) is 20.2 Å². The third-order valence-corrected chi connectivity index (χ3v) is 6.45. The molecule has 1 atom stereocenters. The van der Waals surface area contributed by atoms with Crippen molar-refractivity contribution in [3.8, 4) is 0 Å². The van der Waals surface area contributed by atoms with Crippen molar-refractivity contribution >= 4 is 51.1 Å². The molecule has 0 aliphatic carbocycles. The van der Waals surface area contributed by atoms with E-state index in [9.17, 15) is 4.79 Å². The monoisotopic (exact) mass is 439 g/mol. The van der Waals surface area contributed by atoms with E-state index in [2.05, 4.69) is 20.2 Å². The van der Waals surface area contributed by atoms with Gasteiger partial charge in [0.05, 0.1) is 5.25 Å². The van der Waals surface area contributed by atoms with Crippen LogP contribution in [0.5, 0.6) is 0 Å². The van der Waals surface area contributed by atoms with Crippen LogP contribution in [0.2, 0.25) is 0 Å². The molecule has 0 fully saturated rings. The zero-order valence-corrected chi connectivity index (χ0v) is 18.3. The van der Waals surface area contributed by atoms with E-state index in [0.717, 1.165) is 27.8 Å². The Balaban J connectivity index is 1.47. The number of hydrogen-bond acceptors (Lipinski definition) is 5. The number of nitrogens with zero attached hydrogens (tertiary/aromatic N) is 4. The molecule has 0 bridgehead atoms. The molecule has 0 saturated heterocycles. The van der Waals surface area contributed by atoms with Crippen LogP contribution in [0.1, 0.15) is 13.3 Å². The number of anilines is 2.